The summed E-state index contributed by atoms with van der Waals surface area (Å²) in [4.78, 5) is 6.90. The molecular weight excluding hydrogens is 322 g/mol. The molecular formula is C16H32FeN3O2. The predicted octanol–water partition coefficient (Wildman–Crippen LogP) is -1.13. The van der Waals surface area contributed by atoms with Crippen LogP contribution in [0.4, 0.5) is 0 Å². The van der Waals surface area contributed by atoms with E-state index in [2.05, 4.69) is 28.5 Å². The largest absolute Gasteiger partial charge is 3.00 e. The second-order valence-corrected chi connectivity index (χ2v) is 6.63. The standard InChI is InChI=1S/C16H32N3O2.Fe/c1-14(2)11-17-5-7-18(12-15(3)20)9-10-19(8-6-17)13-16(4)21;/h14-16H,1,5-13H2,2-4H3;/q-3;+3/t14-,15-,16-;/m0./s1. The van der Waals surface area contributed by atoms with Crippen molar-refractivity contribution < 1.29 is 27.3 Å². The van der Waals surface area contributed by atoms with Crippen LogP contribution in [0.5, 0.6) is 0 Å². The van der Waals surface area contributed by atoms with Crippen LogP contribution < -0.4 is 10.2 Å². The van der Waals surface area contributed by atoms with E-state index in [4.69, 9.17) is 0 Å². The van der Waals surface area contributed by atoms with Crippen LogP contribution in [0, 0.1) is 12.8 Å². The molecule has 0 aromatic heterocycles. The maximum atomic E-state index is 11.5. The molecule has 1 fully saturated rings. The van der Waals surface area contributed by atoms with Gasteiger partial charge >= 0.3 is 17.1 Å². The van der Waals surface area contributed by atoms with Crippen LogP contribution in [0.2, 0.25) is 0 Å². The number of hydrogen-bond acceptors (Lipinski definition) is 5. The van der Waals surface area contributed by atoms with Gasteiger partial charge in [-0.25, -0.2) is 0 Å². The molecule has 1 heterocycles. The van der Waals surface area contributed by atoms with Crippen molar-refractivity contribution in [2.45, 2.75) is 33.0 Å². The molecule has 1 rings (SSSR count). The maximum Gasteiger partial charge on any atom is 3.00 e. The van der Waals surface area contributed by atoms with E-state index in [0.717, 1.165) is 45.8 Å². The third-order valence-corrected chi connectivity index (χ3v) is 3.80. The molecule has 5 nitrogen and oxygen atoms in total. The number of nitrogens with zero attached hydrogens (tertiary/aromatic N) is 3. The summed E-state index contributed by atoms with van der Waals surface area (Å²) >= 11 is 0. The Labute approximate surface area is 147 Å². The van der Waals surface area contributed by atoms with Crippen LogP contribution in [0.15, 0.2) is 0 Å². The number of rotatable bonds is 6. The minimum atomic E-state index is -0.558. The fraction of sp³-hybridized carbons (Fsp3) is 0.938. The van der Waals surface area contributed by atoms with Gasteiger partial charge in [0, 0.05) is 39.3 Å². The molecule has 131 valence electrons. The molecule has 0 unspecified atom stereocenters. The van der Waals surface area contributed by atoms with Gasteiger partial charge in [-0.1, -0.05) is 20.8 Å². The van der Waals surface area contributed by atoms with Gasteiger partial charge in [-0.05, 0) is 19.6 Å². The van der Waals surface area contributed by atoms with Crippen LogP contribution in [-0.2, 0) is 17.1 Å². The smallest absolute Gasteiger partial charge is 0.851 e. The van der Waals surface area contributed by atoms with Gasteiger partial charge in [0.2, 0.25) is 0 Å². The van der Waals surface area contributed by atoms with Gasteiger partial charge < -0.3 is 31.8 Å². The van der Waals surface area contributed by atoms with Crippen molar-refractivity contribution in [3.63, 3.8) is 0 Å². The second kappa shape index (κ2) is 11.8. The average molecular weight is 354 g/mol. The predicted molar refractivity (Wildman–Crippen MR) is 82.8 cm³/mol. The fourth-order valence-corrected chi connectivity index (χ4v) is 2.90. The zero-order valence-corrected chi connectivity index (χ0v) is 15.4. The van der Waals surface area contributed by atoms with Gasteiger partial charge in [0.1, 0.15) is 0 Å². The molecule has 1 saturated heterocycles. The van der Waals surface area contributed by atoms with Crippen molar-refractivity contribution in [2.75, 3.05) is 58.9 Å². The van der Waals surface area contributed by atoms with Crippen molar-refractivity contribution in [1.29, 1.82) is 0 Å². The van der Waals surface area contributed by atoms with E-state index in [-0.39, 0.29) is 17.1 Å². The molecule has 0 saturated carbocycles. The number of hydrogen-bond donors (Lipinski definition) is 0. The van der Waals surface area contributed by atoms with Crippen molar-refractivity contribution >= 4 is 0 Å². The third kappa shape index (κ3) is 10.2. The summed E-state index contributed by atoms with van der Waals surface area (Å²) in [6, 6.07) is 0. The maximum absolute atomic E-state index is 11.5. The summed E-state index contributed by atoms with van der Waals surface area (Å²) < 4.78 is 0. The Kier molecular flexibility index (Phi) is 12.0. The first kappa shape index (κ1) is 22.3. The molecule has 0 amide bonds. The zero-order valence-electron chi connectivity index (χ0n) is 14.3. The van der Waals surface area contributed by atoms with Gasteiger partial charge in [-0.2, -0.15) is 5.92 Å². The summed E-state index contributed by atoms with van der Waals surface area (Å²) in [5, 5.41) is 22.9. The van der Waals surface area contributed by atoms with Gasteiger partial charge in [-0.15, -0.1) is 12.2 Å². The van der Waals surface area contributed by atoms with E-state index >= 15 is 0 Å². The Morgan fingerprint density at radius 2 is 1.00 bits per heavy atom. The SMILES string of the molecule is [CH2-][C@@H](C)CN1CCN(C[C@H](C)[O-])CCN(C[C@H](C)[O-])CC1.[Fe+3]. The van der Waals surface area contributed by atoms with E-state index in [0.29, 0.717) is 19.0 Å². The van der Waals surface area contributed by atoms with Crippen molar-refractivity contribution in [3.05, 3.63) is 6.92 Å². The molecule has 0 aliphatic carbocycles. The molecule has 3 atom stereocenters. The second-order valence-electron chi connectivity index (χ2n) is 6.63. The Morgan fingerprint density at radius 3 is 1.23 bits per heavy atom. The van der Waals surface area contributed by atoms with Crippen molar-refractivity contribution in [1.82, 2.24) is 14.7 Å². The summed E-state index contributed by atoms with van der Waals surface area (Å²) in [5.74, 6) is 0.393. The average Bonchev–Trinajstić information content (AvgIpc) is 2.42. The van der Waals surface area contributed by atoms with Gasteiger partial charge in [-0.3, -0.25) is 0 Å². The Bertz CT molecular complexity index is 223. The van der Waals surface area contributed by atoms with Crippen LogP contribution in [-0.4, -0.2) is 85.8 Å². The van der Waals surface area contributed by atoms with Crippen LogP contribution in [0.3, 0.4) is 0 Å². The van der Waals surface area contributed by atoms with E-state index in [1.165, 1.54) is 0 Å². The Morgan fingerprint density at radius 1 is 0.727 bits per heavy atom. The first-order chi connectivity index (χ1) is 9.86. The monoisotopic (exact) mass is 354 g/mol. The molecule has 6 heteroatoms. The normalized spacial score (nSPS) is 23.7. The van der Waals surface area contributed by atoms with Crippen molar-refractivity contribution in [3.8, 4) is 0 Å². The summed E-state index contributed by atoms with van der Waals surface area (Å²) in [6.07, 6.45) is -1.12. The fourth-order valence-electron chi connectivity index (χ4n) is 2.90. The summed E-state index contributed by atoms with van der Waals surface area (Å²) in [6.45, 7) is 17.4. The van der Waals surface area contributed by atoms with Crippen LogP contribution in [0.1, 0.15) is 20.8 Å². The quantitative estimate of drug-likeness (QED) is 0.446. The van der Waals surface area contributed by atoms with E-state index in [1.54, 1.807) is 13.8 Å². The van der Waals surface area contributed by atoms with Crippen LogP contribution in [0.25, 0.3) is 0 Å². The molecule has 22 heavy (non-hydrogen) atoms. The molecule has 0 aromatic carbocycles. The molecule has 1 radical (unpaired) electrons. The first-order valence-electron chi connectivity index (χ1n) is 8.18. The third-order valence-electron chi connectivity index (χ3n) is 3.80. The molecule has 0 aromatic rings. The van der Waals surface area contributed by atoms with Crippen LogP contribution >= 0.6 is 0 Å². The van der Waals surface area contributed by atoms with Crippen molar-refractivity contribution in [2.24, 2.45) is 5.92 Å². The van der Waals surface area contributed by atoms with E-state index in [9.17, 15) is 10.2 Å². The minimum Gasteiger partial charge on any atom is -0.851 e. The molecule has 0 spiro atoms. The Hall–Kier alpha value is 0.319. The van der Waals surface area contributed by atoms with E-state index < -0.39 is 12.2 Å². The minimum absolute atomic E-state index is 0. The zero-order chi connectivity index (χ0) is 15.8. The molecule has 1 aliphatic rings. The molecule has 0 bridgehead atoms. The molecule has 0 N–H and O–H groups in total. The van der Waals surface area contributed by atoms with Gasteiger partial charge in [0.05, 0.1) is 0 Å². The Balaban J connectivity index is 0.00000441. The molecule has 1 aliphatic heterocycles. The summed E-state index contributed by atoms with van der Waals surface area (Å²) in [5.41, 5.74) is 0. The topological polar surface area (TPSA) is 55.8 Å². The van der Waals surface area contributed by atoms with Gasteiger partial charge in [0.15, 0.2) is 0 Å². The van der Waals surface area contributed by atoms with E-state index in [1.807, 2.05) is 0 Å². The van der Waals surface area contributed by atoms with Gasteiger partial charge in [0.25, 0.3) is 0 Å². The summed E-state index contributed by atoms with van der Waals surface area (Å²) in [7, 11) is 0. The first-order valence-corrected chi connectivity index (χ1v) is 8.18.